The molecule has 6 heteroatoms. The minimum Gasteiger partial charge on any atom is -0.457 e. The van der Waals surface area contributed by atoms with Gasteiger partial charge in [-0.05, 0) is 36.4 Å². The van der Waals surface area contributed by atoms with Crippen LogP contribution in [0.3, 0.4) is 0 Å². The summed E-state index contributed by atoms with van der Waals surface area (Å²) in [5, 5.41) is 2.71. The van der Waals surface area contributed by atoms with E-state index in [1.54, 1.807) is 42.7 Å². The highest BCUT2D eigenvalue weighted by Crippen LogP contribution is 2.23. The number of hydrogen-bond acceptors (Lipinski definition) is 3. The maximum atomic E-state index is 13.1. The Kier molecular flexibility index (Phi) is 5.66. The van der Waals surface area contributed by atoms with Crippen molar-refractivity contribution in [2.75, 3.05) is 17.3 Å². The van der Waals surface area contributed by atoms with Gasteiger partial charge in [0.15, 0.2) is 0 Å². The van der Waals surface area contributed by atoms with E-state index < -0.39 is 10.8 Å². The first-order chi connectivity index (χ1) is 10.5. The number of benzene rings is 2. The van der Waals surface area contributed by atoms with Crippen LogP contribution in [-0.4, -0.2) is 22.1 Å². The predicted molar refractivity (Wildman–Crippen MR) is 85.1 cm³/mol. The number of carbonyl (C=O) groups is 1. The third-order valence-corrected chi connectivity index (χ3v) is 3.57. The maximum absolute atomic E-state index is 13.1. The lowest BCUT2D eigenvalue weighted by atomic mass is 10.3. The quantitative estimate of drug-likeness (QED) is 0.888. The van der Waals surface area contributed by atoms with Gasteiger partial charge in [-0.15, -0.1) is 0 Å². The topological polar surface area (TPSA) is 55.4 Å². The zero-order chi connectivity index (χ0) is 15.9. The van der Waals surface area contributed by atoms with Crippen molar-refractivity contribution in [2.45, 2.75) is 6.42 Å². The lowest BCUT2D eigenvalue weighted by Gasteiger charge is -2.08. The molecule has 116 valence electrons. The van der Waals surface area contributed by atoms with Crippen LogP contribution in [0.2, 0.25) is 0 Å². The molecule has 0 bridgehead atoms. The molecule has 0 aliphatic carbocycles. The van der Waals surface area contributed by atoms with Crippen molar-refractivity contribution < 1.29 is 18.1 Å². The van der Waals surface area contributed by atoms with Crippen molar-refractivity contribution in [1.82, 2.24) is 0 Å². The molecular formula is C16H16FNO3S. The second-order valence-electron chi connectivity index (χ2n) is 4.66. The van der Waals surface area contributed by atoms with Crippen LogP contribution in [0, 0.1) is 5.82 Å². The van der Waals surface area contributed by atoms with Crippen LogP contribution in [0.25, 0.3) is 0 Å². The minimum absolute atomic E-state index is 0.186. The van der Waals surface area contributed by atoms with Gasteiger partial charge >= 0.3 is 0 Å². The molecule has 0 radical (unpaired) electrons. The Labute approximate surface area is 130 Å². The van der Waals surface area contributed by atoms with E-state index in [9.17, 15) is 13.4 Å². The highest BCUT2D eigenvalue weighted by atomic mass is 32.2. The molecule has 1 atom stereocenters. The zero-order valence-corrected chi connectivity index (χ0v) is 12.9. The molecule has 0 aliphatic heterocycles. The van der Waals surface area contributed by atoms with Gasteiger partial charge < -0.3 is 10.1 Å². The van der Waals surface area contributed by atoms with Crippen LogP contribution in [0.4, 0.5) is 10.1 Å². The highest BCUT2D eigenvalue weighted by Gasteiger charge is 2.04. The van der Waals surface area contributed by atoms with E-state index in [0.717, 1.165) is 0 Å². The number of hydrogen-bond donors (Lipinski definition) is 1. The molecule has 4 nitrogen and oxygen atoms in total. The Balaban J connectivity index is 1.92. The van der Waals surface area contributed by atoms with Gasteiger partial charge in [0.1, 0.15) is 17.3 Å². The molecule has 2 rings (SSSR count). The van der Waals surface area contributed by atoms with Gasteiger partial charge in [0.05, 0.1) is 0 Å². The van der Waals surface area contributed by atoms with Crippen molar-refractivity contribution in [3.8, 4) is 11.5 Å². The normalized spacial score (nSPS) is 11.7. The average molecular weight is 321 g/mol. The molecule has 1 N–H and O–H groups in total. The van der Waals surface area contributed by atoms with Gasteiger partial charge in [-0.2, -0.15) is 0 Å². The number of ether oxygens (including phenoxy) is 1. The van der Waals surface area contributed by atoms with Gasteiger partial charge in [-0.1, -0.05) is 6.07 Å². The van der Waals surface area contributed by atoms with Crippen molar-refractivity contribution in [1.29, 1.82) is 0 Å². The molecule has 0 heterocycles. The SMILES string of the molecule is C[S@](=O)CCC(=O)Nc1ccc(Oc2cccc(F)c2)cc1. The van der Waals surface area contributed by atoms with Crippen LogP contribution < -0.4 is 10.1 Å². The summed E-state index contributed by atoms with van der Waals surface area (Å²) in [4.78, 5) is 11.6. The smallest absolute Gasteiger partial charge is 0.225 e. The molecule has 0 spiro atoms. The van der Waals surface area contributed by atoms with Crippen LogP contribution in [0.1, 0.15) is 6.42 Å². The number of halogens is 1. The van der Waals surface area contributed by atoms with E-state index in [-0.39, 0.29) is 18.1 Å². The Morgan fingerprint density at radius 3 is 2.55 bits per heavy atom. The molecule has 2 aromatic carbocycles. The molecule has 0 fully saturated rings. The van der Waals surface area contributed by atoms with Crippen molar-refractivity contribution in [2.24, 2.45) is 0 Å². The fourth-order valence-corrected chi connectivity index (χ4v) is 2.21. The van der Waals surface area contributed by atoms with Gasteiger partial charge in [0, 0.05) is 41.0 Å². The predicted octanol–water partition coefficient (Wildman–Crippen LogP) is 3.33. The van der Waals surface area contributed by atoms with E-state index >= 15 is 0 Å². The van der Waals surface area contributed by atoms with Crippen LogP contribution >= 0.6 is 0 Å². The first-order valence-electron chi connectivity index (χ1n) is 6.66. The Morgan fingerprint density at radius 1 is 1.18 bits per heavy atom. The summed E-state index contributed by atoms with van der Waals surface area (Å²) in [5.41, 5.74) is 0.624. The number of rotatable bonds is 6. The summed E-state index contributed by atoms with van der Waals surface area (Å²) in [6.07, 6.45) is 1.77. The van der Waals surface area contributed by atoms with E-state index in [4.69, 9.17) is 4.74 Å². The summed E-state index contributed by atoms with van der Waals surface area (Å²) in [5.74, 6) is 0.733. The summed E-state index contributed by atoms with van der Waals surface area (Å²) >= 11 is 0. The Bertz CT molecular complexity index is 673. The van der Waals surface area contributed by atoms with Gasteiger partial charge in [0.2, 0.25) is 5.91 Å². The standard InChI is InChI=1S/C16H16FNO3S/c1-22(20)10-9-16(19)18-13-5-7-14(8-6-13)21-15-4-2-3-12(17)11-15/h2-8,11H,9-10H2,1H3,(H,18,19)/t22-/m0/s1. The van der Waals surface area contributed by atoms with Crippen molar-refractivity contribution in [3.63, 3.8) is 0 Å². The Hall–Kier alpha value is -2.21. The molecule has 0 unspecified atom stereocenters. The van der Waals surface area contributed by atoms with E-state index in [1.807, 2.05) is 0 Å². The van der Waals surface area contributed by atoms with E-state index in [1.165, 1.54) is 12.1 Å². The second kappa shape index (κ2) is 7.70. The minimum atomic E-state index is -0.984. The van der Waals surface area contributed by atoms with E-state index in [0.29, 0.717) is 22.9 Å². The van der Waals surface area contributed by atoms with Gasteiger partial charge in [0.25, 0.3) is 0 Å². The molecule has 22 heavy (non-hydrogen) atoms. The molecule has 0 aromatic heterocycles. The van der Waals surface area contributed by atoms with Crippen LogP contribution in [0.15, 0.2) is 48.5 Å². The summed E-state index contributed by atoms with van der Waals surface area (Å²) < 4.78 is 29.5. The number of anilines is 1. The molecule has 0 saturated heterocycles. The van der Waals surface area contributed by atoms with Crippen LogP contribution in [-0.2, 0) is 15.6 Å². The van der Waals surface area contributed by atoms with Crippen molar-refractivity contribution >= 4 is 22.4 Å². The lowest BCUT2D eigenvalue weighted by Crippen LogP contribution is -2.14. The summed E-state index contributed by atoms with van der Waals surface area (Å²) in [6, 6.07) is 12.6. The summed E-state index contributed by atoms with van der Waals surface area (Å²) in [7, 11) is -0.984. The third-order valence-electron chi connectivity index (χ3n) is 2.79. The molecular weight excluding hydrogens is 305 g/mol. The van der Waals surface area contributed by atoms with Crippen LogP contribution in [0.5, 0.6) is 11.5 Å². The number of carbonyl (C=O) groups excluding carboxylic acids is 1. The lowest BCUT2D eigenvalue weighted by molar-refractivity contribution is -0.115. The first-order valence-corrected chi connectivity index (χ1v) is 8.39. The van der Waals surface area contributed by atoms with Gasteiger partial charge in [-0.3, -0.25) is 9.00 Å². The fourth-order valence-electron chi connectivity index (χ4n) is 1.73. The van der Waals surface area contributed by atoms with Crippen molar-refractivity contribution in [3.05, 3.63) is 54.3 Å². The van der Waals surface area contributed by atoms with Gasteiger partial charge in [-0.25, -0.2) is 4.39 Å². The Morgan fingerprint density at radius 2 is 1.91 bits per heavy atom. The zero-order valence-electron chi connectivity index (χ0n) is 12.0. The maximum Gasteiger partial charge on any atom is 0.225 e. The largest absolute Gasteiger partial charge is 0.457 e. The molecule has 0 aliphatic rings. The third kappa shape index (κ3) is 5.29. The number of amides is 1. The molecule has 2 aromatic rings. The highest BCUT2D eigenvalue weighted by molar-refractivity contribution is 7.84. The monoisotopic (exact) mass is 321 g/mol. The fraction of sp³-hybridized carbons (Fsp3) is 0.188. The van der Waals surface area contributed by atoms with E-state index in [2.05, 4.69) is 5.32 Å². The molecule has 0 saturated carbocycles. The summed E-state index contributed by atoms with van der Waals surface area (Å²) in [6.45, 7) is 0. The second-order valence-corrected chi connectivity index (χ2v) is 6.21. The average Bonchev–Trinajstić information content (AvgIpc) is 2.47. The number of nitrogens with one attached hydrogen (secondary N) is 1. The first kappa shape index (κ1) is 16.2. The molecule has 1 amide bonds.